The number of fused-ring (bicyclic) bond motifs is 3. The molecule has 0 bridgehead atoms. The van der Waals surface area contributed by atoms with Crippen LogP contribution < -0.4 is 22.1 Å². The monoisotopic (exact) mass is 710 g/mol. The summed E-state index contributed by atoms with van der Waals surface area (Å²) in [5.74, 6) is -1.06. The minimum absolute atomic E-state index is 0.0271. The lowest BCUT2D eigenvalue weighted by atomic mass is 9.71. The highest BCUT2D eigenvalue weighted by Crippen LogP contribution is 2.59. The summed E-state index contributed by atoms with van der Waals surface area (Å²) in [5.41, 5.74) is 11.5. The predicted octanol–water partition coefficient (Wildman–Crippen LogP) is 4.13. The Bertz CT molecular complexity index is 1820. The maximum Gasteiger partial charge on any atom is 0.350 e. The van der Waals surface area contributed by atoms with Gasteiger partial charge in [-0.3, -0.25) is 14.6 Å². The lowest BCUT2D eigenvalue weighted by molar-refractivity contribution is -0.158. The van der Waals surface area contributed by atoms with Crippen LogP contribution in [0.4, 0.5) is 5.82 Å². The Morgan fingerprint density at radius 2 is 2.00 bits per heavy atom. The van der Waals surface area contributed by atoms with Crippen molar-refractivity contribution in [1.29, 1.82) is 0 Å². The van der Waals surface area contributed by atoms with E-state index in [2.05, 4.69) is 38.8 Å². The van der Waals surface area contributed by atoms with Crippen molar-refractivity contribution in [3.05, 3.63) is 94.7 Å². The molecular formula is C40H50N6O6. The molecule has 1 aromatic heterocycles. The van der Waals surface area contributed by atoms with E-state index < -0.39 is 34.8 Å². The third-order valence-corrected chi connectivity index (χ3v) is 11.0. The lowest BCUT2D eigenvalue weighted by Gasteiger charge is -2.40. The first-order valence-electron chi connectivity index (χ1n) is 18.3. The van der Waals surface area contributed by atoms with Crippen molar-refractivity contribution in [3.63, 3.8) is 0 Å². The topological polar surface area (TPSA) is 195 Å². The summed E-state index contributed by atoms with van der Waals surface area (Å²) in [6.07, 6.45) is 13.4. The number of benzene rings is 1. The number of epoxide rings is 1. The van der Waals surface area contributed by atoms with Gasteiger partial charge in [0.25, 0.3) is 5.60 Å². The van der Waals surface area contributed by atoms with Gasteiger partial charge in [-0.15, -0.1) is 0 Å². The normalized spacial score (nSPS) is 27.8. The number of aromatic nitrogens is 1. The van der Waals surface area contributed by atoms with E-state index in [0.717, 1.165) is 30.4 Å². The summed E-state index contributed by atoms with van der Waals surface area (Å²) < 4.78 is 12.6. The number of hydrogen-bond donors (Lipinski definition) is 5. The molecule has 7 N–H and O–H groups in total. The molecule has 1 fully saturated rings. The molecule has 6 rings (SSSR count). The highest BCUT2D eigenvalue weighted by molar-refractivity contribution is 6.32. The van der Waals surface area contributed by atoms with Gasteiger partial charge < -0.3 is 36.7 Å². The Morgan fingerprint density at radius 3 is 2.71 bits per heavy atom. The molecule has 52 heavy (non-hydrogen) atoms. The number of guanidine groups is 1. The van der Waals surface area contributed by atoms with E-state index in [4.69, 9.17) is 20.9 Å². The molecule has 2 aromatic rings. The standard InChI is InChI=1S/C40H50N6O6/c1-4-44-32-22-26-11-6-5-10-25(26)21-30(32)33(14-9-19-47)51-37(50)40-36(49)29-13-8-7-12-28(29)35(48)39(40,52-40)17-15-24(2)20-31(46-38(42)43-3)27-16-18-45-34(41)23-27/h6-8,11-13,15-16,18,22-23,25,30-33,44,47H,4-5,9-10,14,17,19-21H2,1-3H3,(H2,41,45)(H3,42,43,46)/b24-15+/t25-,30+,31+,32+,33-,39-,40-/m0/s1. The molecule has 4 aliphatic rings. The quantitative estimate of drug-likeness (QED) is 0.0473. The number of carbonyl (C=O) groups is 3. The molecule has 12 heteroatoms. The number of nitrogen functional groups attached to an aromatic ring is 1. The van der Waals surface area contributed by atoms with Crippen LogP contribution in [0.1, 0.15) is 91.1 Å². The Hall–Kier alpha value is -4.65. The molecule has 1 saturated heterocycles. The van der Waals surface area contributed by atoms with Crippen LogP contribution in [0.25, 0.3) is 0 Å². The number of ether oxygens (including phenoxy) is 2. The second kappa shape index (κ2) is 15.5. The van der Waals surface area contributed by atoms with Gasteiger partial charge in [0.15, 0.2) is 17.3 Å². The van der Waals surface area contributed by atoms with Gasteiger partial charge in [-0.05, 0) is 81.2 Å². The van der Waals surface area contributed by atoms with E-state index >= 15 is 0 Å². The van der Waals surface area contributed by atoms with Crippen molar-refractivity contribution in [3.8, 4) is 0 Å². The maximum atomic E-state index is 14.6. The number of anilines is 1. The summed E-state index contributed by atoms with van der Waals surface area (Å²) in [5, 5.41) is 16.6. The van der Waals surface area contributed by atoms with E-state index in [-0.39, 0.29) is 48.1 Å². The fraction of sp³-hybridized carbons (Fsp3) is 0.475. The van der Waals surface area contributed by atoms with Gasteiger partial charge in [-0.25, -0.2) is 9.78 Å². The third-order valence-electron chi connectivity index (χ3n) is 11.0. The number of pyridine rings is 1. The van der Waals surface area contributed by atoms with Crippen molar-refractivity contribution in [2.45, 2.75) is 88.2 Å². The van der Waals surface area contributed by atoms with Gasteiger partial charge in [-0.1, -0.05) is 61.1 Å². The van der Waals surface area contributed by atoms with Gasteiger partial charge in [0, 0.05) is 49.4 Å². The minimum atomic E-state index is -2.12. The largest absolute Gasteiger partial charge is 0.459 e. The number of carbonyl (C=O) groups excluding carboxylic acids is 3. The number of esters is 1. The molecule has 7 atom stereocenters. The molecule has 276 valence electrons. The van der Waals surface area contributed by atoms with Crippen LogP contribution in [0.2, 0.25) is 0 Å². The van der Waals surface area contributed by atoms with E-state index in [1.807, 2.05) is 26.0 Å². The van der Waals surface area contributed by atoms with Crippen molar-refractivity contribution in [2.24, 2.45) is 22.6 Å². The van der Waals surface area contributed by atoms with Crippen LogP contribution in [0.5, 0.6) is 0 Å². The van der Waals surface area contributed by atoms with Crippen LogP contribution >= 0.6 is 0 Å². The van der Waals surface area contributed by atoms with Crippen LogP contribution in [-0.4, -0.2) is 77.1 Å². The second-order valence-electron chi connectivity index (χ2n) is 14.2. The fourth-order valence-corrected chi connectivity index (χ4v) is 8.21. The van der Waals surface area contributed by atoms with Crippen molar-refractivity contribution < 1.29 is 29.0 Å². The molecule has 0 radical (unpaired) electrons. The third kappa shape index (κ3) is 6.94. The zero-order chi connectivity index (χ0) is 37.0. The summed E-state index contributed by atoms with van der Waals surface area (Å²) in [6.45, 7) is 4.58. The minimum Gasteiger partial charge on any atom is -0.459 e. The number of ketones is 2. The summed E-state index contributed by atoms with van der Waals surface area (Å²) in [7, 11) is 1.58. The molecule has 0 amide bonds. The molecule has 2 heterocycles. The second-order valence-corrected chi connectivity index (χ2v) is 14.2. The zero-order valence-corrected chi connectivity index (χ0v) is 30.1. The number of nitrogens with two attached hydrogens (primary N) is 2. The predicted molar refractivity (Wildman–Crippen MR) is 198 cm³/mol. The molecule has 3 aliphatic carbocycles. The molecule has 1 aliphatic heterocycles. The number of likely N-dealkylation sites (N-methyl/N-ethyl adjacent to an activating group) is 1. The van der Waals surface area contributed by atoms with E-state index in [1.165, 1.54) is 5.57 Å². The molecule has 0 unspecified atom stereocenters. The maximum absolute atomic E-state index is 14.6. The molecule has 1 aromatic carbocycles. The van der Waals surface area contributed by atoms with Crippen molar-refractivity contribution in [2.75, 3.05) is 25.9 Å². The van der Waals surface area contributed by atoms with Crippen molar-refractivity contribution >= 4 is 29.3 Å². The highest BCUT2D eigenvalue weighted by atomic mass is 16.7. The Kier molecular flexibility index (Phi) is 11.1. The number of Topliss-reactive ketones (excluding diaryl/α,β-unsaturated/α-hetero) is 2. The number of allylic oxidation sites excluding steroid dienone is 3. The number of nitrogens with one attached hydrogen (secondary N) is 2. The fourth-order valence-electron chi connectivity index (χ4n) is 8.21. The summed E-state index contributed by atoms with van der Waals surface area (Å²) >= 11 is 0. The number of nitrogens with zero attached hydrogens (tertiary/aromatic N) is 2. The number of aliphatic hydroxyl groups excluding tert-OH is 1. The van der Waals surface area contributed by atoms with Crippen LogP contribution in [0.3, 0.4) is 0 Å². The van der Waals surface area contributed by atoms with Gasteiger partial charge in [-0.2, -0.15) is 0 Å². The Morgan fingerprint density at radius 1 is 1.23 bits per heavy atom. The number of rotatable bonds is 14. The first kappa shape index (κ1) is 37.1. The first-order valence-corrected chi connectivity index (χ1v) is 18.3. The molecule has 0 saturated carbocycles. The van der Waals surface area contributed by atoms with E-state index in [9.17, 15) is 19.5 Å². The Balaban J connectivity index is 1.31. The van der Waals surface area contributed by atoms with Crippen LogP contribution in [0, 0.1) is 11.8 Å². The summed E-state index contributed by atoms with van der Waals surface area (Å²) in [6, 6.07) is 9.70. The molecular weight excluding hydrogens is 660 g/mol. The van der Waals surface area contributed by atoms with Crippen LogP contribution in [-0.2, 0) is 14.3 Å². The van der Waals surface area contributed by atoms with Gasteiger partial charge in [0.05, 0.1) is 6.04 Å². The van der Waals surface area contributed by atoms with Gasteiger partial charge in [0.1, 0.15) is 11.9 Å². The Labute approximate surface area is 304 Å². The number of aliphatic imine (C=N–C) groups is 1. The van der Waals surface area contributed by atoms with Gasteiger partial charge >= 0.3 is 5.97 Å². The first-order chi connectivity index (χ1) is 25.1. The highest BCUT2D eigenvalue weighted by Gasteiger charge is 2.85. The average molecular weight is 711 g/mol. The number of aliphatic hydroxyl groups is 1. The van der Waals surface area contributed by atoms with E-state index in [0.29, 0.717) is 37.5 Å². The van der Waals surface area contributed by atoms with E-state index in [1.54, 1.807) is 43.6 Å². The van der Waals surface area contributed by atoms with Gasteiger partial charge in [0.2, 0.25) is 5.78 Å². The molecule has 0 spiro atoms. The lowest BCUT2D eigenvalue weighted by Crippen LogP contribution is -2.53. The molecule has 12 nitrogen and oxygen atoms in total. The van der Waals surface area contributed by atoms with Crippen LogP contribution in [0.15, 0.2) is 83.0 Å². The van der Waals surface area contributed by atoms with Crippen molar-refractivity contribution in [1.82, 2.24) is 15.6 Å². The number of hydrogen-bond acceptors (Lipinski definition) is 10. The smallest absolute Gasteiger partial charge is 0.350 e. The SMILES string of the molecule is CCN[C@@H]1C=C2C=CCC[C@H]2C[C@H]1[C@H](CCCO)OC(=O)[C@]12O[C@@]1(C/C=C(\C)C[C@@H](NC(N)=NC)c1ccnc(N)c1)C(=O)c1ccccc1C2=O. The summed E-state index contributed by atoms with van der Waals surface area (Å²) in [4.78, 5) is 51.4. The zero-order valence-electron chi connectivity index (χ0n) is 30.1. The average Bonchev–Trinajstić information content (AvgIpc) is 3.86.